The number of aliphatic hydroxyl groups excluding tert-OH is 1. The molecule has 19 heavy (non-hydrogen) atoms. The minimum absolute atomic E-state index is 0.00978. The van der Waals surface area contributed by atoms with Gasteiger partial charge in [-0.25, -0.2) is 0 Å². The van der Waals surface area contributed by atoms with Gasteiger partial charge in [0.25, 0.3) is 11.5 Å². The molecule has 2 rings (SSSR count). The van der Waals surface area contributed by atoms with E-state index >= 15 is 0 Å². The molecule has 1 saturated carbocycles. The maximum atomic E-state index is 12.1. The summed E-state index contributed by atoms with van der Waals surface area (Å²) in [5.74, 6) is 0.0476. The van der Waals surface area contributed by atoms with Crippen molar-refractivity contribution >= 4 is 5.91 Å². The molecule has 6 nitrogen and oxygen atoms in total. The van der Waals surface area contributed by atoms with Crippen molar-refractivity contribution in [2.75, 3.05) is 19.7 Å². The molecule has 1 fully saturated rings. The Bertz CT molecular complexity index is 485. The van der Waals surface area contributed by atoms with Crippen molar-refractivity contribution in [2.24, 2.45) is 0 Å². The van der Waals surface area contributed by atoms with Crippen LogP contribution in [-0.2, 0) is 0 Å². The van der Waals surface area contributed by atoms with Crippen LogP contribution in [0, 0.1) is 6.92 Å². The van der Waals surface area contributed by atoms with Gasteiger partial charge in [-0.3, -0.25) is 14.5 Å². The highest BCUT2D eigenvalue weighted by Crippen LogP contribution is 2.23. The third-order valence-corrected chi connectivity index (χ3v) is 3.56. The minimum Gasteiger partial charge on any atom is -0.395 e. The summed E-state index contributed by atoms with van der Waals surface area (Å²) in [5, 5.41) is 9.09. The molecule has 0 saturated heterocycles. The van der Waals surface area contributed by atoms with E-state index in [1.54, 1.807) is 6.92 Å². The average molecular weight is 268 g/mol. The predicted octanol–water partition coefficient (Wildman–Crippen LogP) is 0.627. The lowest BCUT2D eigenvalue weighted by molar-refractivity contribution is 0.0654. The molecule has 0 unspecified atom stereocenters. The van der Waals surface area contributed by atoms with Crippen molar-refractivity contribution in [3.63, 3.8) is 0 Å². The van der Waals surface area contributed by atoms with Crippen LogP contribution in [0.2, 0.25) is 0 Å². The van der Waals surface area contributed by atoms with Gasteiger partial charge in [-0.1, -0.05) is 12.8 Å². The van der Waals surface area contributed by atoms with E-state index in [1.165, 1.54) is 6.07 Å². The van der Waals surface area contributed by atoms with Gasteiger partial charge >= 0.3 is 0 Å². The zero-order chi connectivity index (χ0) is 13.8. The lowest BCUT2D eigenvalue weighted by atomic mass is 10.2. The van der Waals surface area contributed by atoms with Gasteiger partial charge in [0.2, 0.25) is 0 Å². The van der Waals surface area contributed by atoms with Crippen LogP contribution < -0.4 is 5.56 Å². The number of carbonyl (C=O) groups is 1. The van der Waals surface area contributed by atoms with E-state index in [0.717, 1.165) is 30.4 Å². The fraction of sp³-hybridized carbons (Fsp3) is 0.692. The monoisotopic (exact) mass is 268 g/mol. The summed E-state index contributed by atoms with van der Waals surface area (Å²) >= 11 is 0. The molecule has 1 N–H and O–H groups in total. The Hall–Kier alpha value is -1.40. The summed E-state index contributed by atoms with van der Waals surface area (Å²) in [6.45, 7) is 2.20. The maximum Gasteiger partial charge on any atom is 0.290 e. The number of hydrogen-bond acceptors (Lipinski definition) is 5. The second-order valence-corrected chi connectivity index (χ2v) is 5.00. The van der Waals surface area contributed by atoms with Gasteiger partial charge in [-0.2, -0.15) is 0 Å². The smallest absolute Gasteiger partial charge is 0.290 e. The van der Waals surface area contributed by atoms with Crippen LogP contribution >= 0.6 is 0 Å². The van der Waals surface area contributed by atoms with E-state index in [0.29, 0.717) is 18.3 Å². The predicted molar refractivity (Wildman–Crippen MR) is 69.2 cm³/mol. The number of hydrogen-bond donors (Lipinski definition) is 1. The van der Waals surface area contributed by atoms with E-state index < -0.39 is 5.56 Å². The maximum absolute atomic E-state index is 12.1. The van der Waals surface area contributed by atoms with Crippen LogP contribution in [0.1, 0.15) is 36.2 Å². The first-order chi connectivity index (χ1) is 9.11. The van der Waals surface area contributed by atoms with Crippen molar-refractivity contribution in [2.45, 2.75) is 38.6 Å². The first-order valence-corrected chi connectivity index (χ1v) is 6.70. The van der Waals surface area contributed by atoms with E-state index in [9.17, 15) is 9.59 Å². The minimum atomic E-state index is -0.433. The Morgan fingerprint density at radius 3 is 2.74 bits per heavy atom. The Morgan fingerprint density at radius 1 is 1.53 bits per heavy atom. The standard InChI is InChI=1S/C13H20N2O4/c1-10-8-12(17)15(19-10)13(18)9-14(6-7-16)11-4-2-3-5-11/h8,11,16H,2-7,9H2,1H3. The second-order valence-electron chi connectivity index (χ2n) is 5.00. The third-order valence-electron chi connectivity index (χ3n) is 3.56. The lowest BCUT2D eigenvalue weighted by Gasteiger charge is -2.26. The molecule has 1 aromatic rings. The summed E-state index contributed by atoms with van der Waals surface area (Å²) in [5.41, 5.74) is -0.433. The number of carbonyl (C=O) groups excluding carboxylic acids is 1. The Balaban J connectivity index is 2.06. The summed E-state index contributed by atoms with van der Waals surface area (Å²) < 4.78 is 5.88. The van der Waals surface area contributed by atoms with Crippen molar-refractivity contribution in [1.82, 2.24) is 9.64 Å². The fourth-order valence-electron chi connectivity index (χ4n) is 2.65. The third kappa shape index (κ3) is 3.33. The quantitative estimate of drug-likeness (QED) is 0.847. The van der Waals surface area contributed by atoms with Crippen molar-refractivity contribution < 1.29 is 14.4 Å². The normalized spacial score (nSPS) is 16.4. The molecule has 1 aliphatic rings. The summed E-state index contributed by atoms with van der Waals surface area (Å²) in [7, 11) is 0. The van der Waals surface area contributed by atoms with E-state index in [1.807, 2.05) is 4.90 Å². The molecule has 1 aromatic heterocycles. The van der Waals surface area contributed by atoms with Crippen LogP contribution in [-0.4, -0.2) is 46.4 Å². The number of aliphatic hydroxyl groups is 1. The van der Waals surface area contributed by atoms with Crippen molar-refractivity contribution in [3.8, 4) is 0 Å². The van der Waals surface area contributed by atoms with Gasteiger partial charge in [-0.15, -0.1) is 4.74 Å². The van der Waals surface area contributed by atoms with Gasteiger partial charge in [0.15, 0.2) is 0 Å². The van der Waals surface area contributed by atoms with Gasteiger partial charge in [-0.05, 0) is 19.8 Å². The van der Waals surface area contributed by atoms with Gasteiger partial charge in [0.05, 0.1) is 13.2 Å². The van der Waals surface area contributed by atoms with Crippen LogP contribution in [0.5, 0.6) is 0 Å². The van der Waals surface area contributed by atoms with Crippen LogP contribution in [0.3, 0.4) is 0 Å². The molecule has 0 spiro atoms. The molecule has 1 aliphatic carbocycles. The summed E-state index contributed by atoms with van der Waals surface area (Å²) in [6, 6.07) is 1.62. The fourth-order valence-corrected chi connectivity index (χ4v) is 2.65. The van der Waals surface area contributed by atoms with Gasteiger partial charge < -0.3 is 9.63 Å². The first kappa shape index (κ1) is 14.0. The molecule has 0 aromatic carbocycles. The lowest BCUT2D eigenvalue weighted by Crippen LogP contribution is -2.42. The molecular weight excluding hydrogens is 248 g/mol. The zero-order valence-corrected chi connectivity index (χ0v) is 11.2. The molecule has 106 valence electrons. The Kier molecular flexibility index (Phi) is 4.55. The molecule has 0 aliphatic heterocycles. The van der Waals surface area contributed by atoms with Crippen molar-refractivity contribution in [1.29, 1.82) is 0 Å². The molecule has 0 amide bonds. The summed E-state index contributed by atoms with van der Waals surface area (Å²) in [6.07, 6.45) is 4.39. The van der Waals surface area contributed by atoms with E-state index in [4.69, 9.17) is 9.63 Å². The number of nitrogens with zero attached hydrogens (tertiary/aromatic N) is 2. The number of rotatable bonds is 5. The second kappa shape index (κ2) is 6.16. The van der Waals surface area contributed by atoms with Gasteiger partial charge in [0.1, 0.15) is 5.76 Å². The molecule has 1 heterocycles. The van der Waals surface area contributed by atoms with Crippen LogP contribution in [0.4, 0.5) is 0 Å². The largest absolute Gasteiger partial charge is 0.395 e. The molecule has 0 atom stereocenters. The summed E-state index contributed by atoms with van der Waals surface area (Å²) in [4.78, 5) is 25.5. The molecule has 0 radical (unpaired) electrons. The first-order valence-electron chi connectivity index (χ1n) is 6.70. The Labute approximate surface area is 111 Å². The molecule has 6 heteroatoms. The Morgan fingerprint density at radius 2 is 2.21 bits per heavy atom. The number of aromatic nitrogens is 1. The van der Waals surface area contributed by atoms with Gasteiger partial charge in [0, 0.05) is 18.7 Å². The van der Waals surface area contributed by atoms with Crippen LogP contribution in [0.15, 0.2) is 15.4 Å². The topological polar surface area (TPSA) is 75.7 Å². The highest BCUT2D eigenvalue weighted by Gasteiger charge is 2.25. The SMILES string of the molecule is Cc1cc(=O)n(C(=O)CN(CCO)C2CCCC2)o1. The molecule has 0 bridgehead atoms. The highest BCUT2D eigenvalue weighted by molar-refractivity contribution is 5.79. The van der Waals surface area contributed by atoms with E-state index in [-0.39, 0.29) is 19.1 Å². The van der Waals surface area contributed by atoms with Crippen LogP contribution in [0.25, 0.3) is 0 Å². The van der Waals surface area contributed by atoms with Crippen molar-refractivity contribution in [3.05, 3.63) is 22.2 Å². The number of aryl methyl sites for hydroxylation is 1. The highest BCUT2D eigenvalue weighted by atomic mass is 16.5. The van der Waals surface area contributed by atoms with E-state index in [2.05, 4.69) is 0 Å². The molecular formula is C13H20N2O4. The zero-order valence-electron chi connectivity index (χ0n) is 11.2. The average Bonchev–Trinajstić information content (AvgIpc) is 2.98.